The van der Waals surface area contributed by atoms with Crippen molar-refractivity contribution >= 4 is 23.0 Å². The van der Waals surface area contributed by atoms with Crippen molar-refractivity contribution in [3.8, 4) is 0 Å². The van der Waals surface area contributed by atoms with E-state index < -0.39 is 23.3 Å². The molecule has 0 aliphatic carbocycles. The Hall–Kier alpha value is -1.80. The van der Waals surface area contributed by atoms with Crippen LogP contribution >= 0.6 is 11.6 Å². The average molecular weight is 308 g/mol. The molecule has 0 radical (unpaired) electrons. The topological polar surface area (TPSA) is 46.8 Å². The van der Waals surface area contributed by atoms with Gasteiger partial charge in [0.1, 0.15) is 5.56 Å². The van der Waals surface area contributed by atoms with Crippen LogP contribution in [-0.4, -0.2) is 34.7 Å². The summed E-state index contributed by atoms with van der Waals surface area (Å²) in [6.07, 6.45) is -3.58. The van der Waals surface area contributed by atoms with E-state index in [9.17, 15) is 18.0 Å². The van der Waals surface area contributed by atoms with Gasteiger partial charge in [0, 0.05) is 13.2 Å². The summed E-state index contributed by atoms with van der Waals surface area (Å²) in [5.41, 5.74) is -1.87. The van der Waals surface area contributed by atoms with Crippen LogP contribution in [0.1, 0.15) is 16.1 Å². The highest BCUT2D eigenvalue weighted by molar-refractivity contribution is 6.30. The van der Waals surface area contributed by atoms with Crippen molar-refractivity contribution in [3.05, 3.63) is 34.6 Å². The van der Waals surface area contributed by atoms with Crippen molar-refractivity contribution in [1.82, 2.24) is 14.7 Å². The normalized spacial score (nSPS) is 11.9. The zero-order valence-corrected chi connectivity index (χ0v) is 11.2. The summed E-state index contributed by atoms with van der Waals surface area (Å²) in [5, 5.41) is 4.28. The molecule has 2 rings (SSSR count). The van der Waals surface area contributed by atoms with E-state index in [1.54, 1.807) is 0 Å². The van der Waals surface area contributed by atoms with Gasteiger partial charge in [0.05, 0.1) is 17.6 Å². The van der Waals surface area contributed by atoms with E-state index in [-0.39, 0.29) is 10.5 Å². The molecule has 9 heteroatoms. The number of carbonyl (C=O) groups is 1. The van der Waals surface area contributed by atoms with Crippen molar-refractivity contribution < 1.29 is 22.8 Å². The number of alkyl halides is 3. The molecule has 1 amide bonds. The smallest absolute Gasteiger partial charge is 0.274 e. The highest BCUT2D eigenvalue weighted by atomic mass is 35.5. The quantitative estimate of drug-likeness (QED) is 0.801. The predicted octanol–water partition coefficient (Wildman–Crippen LogP) is 2.64. The molecule has 108 valence electrons. The fourth-order valence-corrected chi connectivity index (χ4v) is 1.83. The van der Waals surface area contributed by atoms with Gasteiger partial charge in [-0.05, 0) is 12.1 Å². The second kappa shape index (κ2) is 4.95. The number of hydrogen-bond acceptors (Lipinski definition) is 3. The van der Waals surface area contributed by atoms with E-state index in [1.807, 2.05) is 0 Å². The summed E-state index contributed by atoms with van der Waals surface area (Å²) in [7, 11) is 2.38. The summed E-state index contributed by atoms with van der Waals surface area (Å²) in [4.78, 5) is 16.6. The molecule has 2 heterocycles. The fourth-order valence-electron chi connectivity index (χ4n) is 1.67. The number of nitrogens with zero attached hydrogens (tertiary/aromatic N) is 3. The molecule has 2 aromatic rings. The molecule has 5 nitrogen and oxygen atoms in total. The van der Waals surface area contributed by atoms with Crippen molar-refractivity contribution in [1.29, 1.82) is 0 Å². The van der Waals surface area contributed by atoms with Gasteiger partial charge in [-0.3, -0.25) is 9.63 Å². The Labute approximate surface area is 116 Å². The van der Waals surface area contributed by atoms with Crippen molar-refractivity contribution in [3.63, 3.8) is 0 Å². The molecule has 0 atom stereocenters. The Bertz CT molecular complexity index is 669. The third kappa shape index (κ3) is 2.44. The van der Waals surface area contributed by atoms with E-state index in [2.05, 4.69) is 9.94 Å². The lowest BCUT2D eigenvalue weighted by molar-refractivity contribution is -0.142. The first-order valence-electron chi connectivity index (χ1n) is 5.33. The van der Waals surface area contributed by atoms with Crippen LogP contribution in [0.25, 0.3) is 5.52 Å². The molecule has 0 aliphatic heterocycles. The zero-order chi connectivity index (χ0) is 15.1. The van der Waals surface area contributed by atoms with Crippen LogP contribution in [-0.2, 0) is 11.0 Å². The van der Waals surface area contributed by atoms with Gasteiger partial charge < -0.3 is 0 Å². The van der Waals surface area contributed by atoms with Crippen LogP contribution < -0.4 is 0 Å². The molecule has 0 bridgehead atoms. The summed E-state index contributed by atoms with van der Waals surface area (Å²) in [6.45, 7) is 0. The van der Waals surface area contributed by atoms with Gasteiger partial charge in [0.15, 0.2) is 5.69 Å². The second-order valence-electron chi connectivity index (χ2n) is 3.88. The number of fused-ring (bicyclic) bond motifs is 1. The maximum atomic E-state index is 13.0. The lowest BCUT2D eigenvalue weighted by Gasteiger charge is -2.14. The third-order valence-electron chi connectivity index (χ3n) is 2.64. The molecular formula is C11H9ClF3N3O2. The summed E-state index contributed by atoms with van der Waals surface area (Å²) in [5.74, 6) is -0.947. The number of carbonyl (C=O) groups excluding carboxylic acids is 1. The monoisotopic (exact) mass is 307 g/mol. The Balaban J connectivity index is 2.74. The molecule has 0 aliphatic rings. The zero-order valence-electron chi connectivity index (χ0n) is 10.4. The average Bonchev–Trinajstić information content (AvgIpc) is 2.75. The van der Waals surface area contributed by atoms with E-state index >= 15 is 0 Å². The van der Waals surface area contributed by atoms with Crippen LogP contribution in [0, 0.1) is 0 Å². The standard InChI is InChI=1S/C11H9ClF3N3O2/c1-17(20-2)10(19)8-7-4-3-6(12)5-18(7)16-9(8)11(13,14)15/h3-5H,1-2H3. The number of rotatable bonds is 2. The molecule has 2 aromatic heterocycles. The van der Waals surface area contributed by atoms with Crippen LogP contribution in [0.4, 0.5) is 13.2 Å². The molecule has 0 spiro atoms. The Morgan fingerprint density at radius 1 is 1.45 bits per heavy atom. The number of hydrogen-bond donors (Lipinski definition) is 0. The molecule has 20 heavy (non-hydrogen) atoms. The summed E-state index contributed by atoms with van der Waals surface area (Å²) < 4.78 is 39.9. The largest absolute Gasteiger partial charge is 0.436 e. The highest BCUT2D eigenvalue weighted by Gasteiger charge is 2.41. The lowest BCUT2D eigenvalue weighted by Crippen LogP contribution is -2.27. The lowest BCUT2D eigenvalue weighted by atomic mass is 10.1. The van der Waals surface area contributed by atoms with Gasteiger partial charge in [0.2, 0.25) is 0 Å². The van der Waals surface area contributed by atoms with E-state index in [1.165, 1.54) is 32.5 Å². The van der Waals surface area contributed by atoms with E-state index in [0.29, 0.717) is 5.06 Å². The number of pyridine rings is 1. The van der Waals surface area contributed by atoms with Crippen LogP contribution in [0.5, 0.6) is 0 Å². The molecule has 0 N–H and O–H groups in total. The van der Waals surface area contributed by atoms with Crippen LogP contribution in [0.15, 0.2) is 18.3 Å². The summed E-state index contributed by atoms with van der Waals surface area (Å²) in [6, 6.07) is 2.67. The number of aromatic nitrogens is 2. The first-order chi connectivity index (χ1) is 9.25. The molecule has 0 saturated carbocycles. The summed E-state index contributed by atoms with van der Waals surface area (Å²) >= 11 is 5.70. The van der Waals surface area contributed by atoms with Gasteiger partial charge >= 0.3 is 6.18 Å². The molecule has 0 aromatic carbocycles. The molecule has 0 fully saturated rings. The van der Waals surface area contributed by atoms with Gasteiger partial charge in [0.25, 0.3) is 5.91 Å². The predicted molar refractivity (Wildman–Crippen MR) is 64.3 cm³/mol. The maximum Gasteiger partial charge on any atom is 0.436 e. The minimum absolute atomic E-state index is 0.00405. The van der Waals surface area contributed by atoms with Crippen molar-refractivity contribution in [2.24, 2.45) is 0 Å². The molecular weight excluding hydrogens is 299 g/mol. The van der Waals surface area contributed by atoms with Gasteiger partial charge in [-0.15, -0.1) is 0 Å². The second-order valence-corrected chi connectivity index (χ2v) is 4.32. The van der Waals surface area contributed by atoms with E-state index in [0.717, 1.165) is 4.52 Å². The first-order valence-corrected chi connectivity index (χ1v) is 5.70. The number of halogens is 4. The van der Waals surface area contributed by atoms with Crippen LogP contribution in [0.2, 0.25) is 5.02 Å². The first kappa shape index (κ1) is 14.6. The van der Waals surface area contributed by atoms with Crippen LogP contribution in [0.3, 0.4) is 0 Å². The maximum absolute atomic E-state index is 13.0. The van der Waals surface area contributed by atoms with Gasteiger partial charge in [-0.2, -0.15) is 18.3 Å². The Morgan fingerprint density at radius 3 is 2.65 bits per heavy atom. The molecule has 0 unspecified atom stereocenters. The SMILES string of the molecule is CON(C)C(=O)c1c(C(F)(F)F)nn2cc(Cl)ccc12. The Kier molecular flexibility index (Phi) is 3.61. The molecule has 0 saturated heterocycles. The Morgan fingerprint density at radius 2 is 2.10 bits per heavy atom. The minimum Gasteiger partial charge on any atom is -0.274 e. The fraction of sp³-hybridized carbons (Fsp3) is 0.273. The highest BCUT2D eigenvalue weighted by Crippen LogP contribution is 2.33. The van der Waals surface area contributed by atoms with Crippen molar-refractivity contribution in [2.75, 3.05) is 14.2 Å². The van der Waals surface area contributed by atoms with E-state index in [4.69, 9.17) is 11.6 Å². The number of amides is 1. The minimum atomic E-state index is -4.77. The van der Waals surface area contributed by atoms with Gasteiger partial charge in [-0.25, -0.2) is 9.58 Å². The number of hydroxylamine groups is 2. The van der Waals surface area contributed by atoms with Gasteiger partial charge in [-0.1, -0.05) is 11.6 Å². The van der Waals surface area contributed by atoms with Crippen molar-refractivity contribution in [2.45, 2.75) is 6.18 Å². The third-order valence-corrected chi connectivity index (χ3v) is 2.86.